The third-order valence-corrected chi connectivity index (χ3v) is 5.47. The minimum absolute atomic E-state index is 0.0567. The van der Waals surface area contributed by atoms with Crippen LogP contribution in [0.2, 0.25) is 0 Å². The van der Waals surface area contributed by atoms with E-state index in [1.807, 2.05) is 0 Å². The highest BCUT2D eigenvalue weighted by molar-refractivity contribution is 7.90. The number of hydrogen-bond donors (Lipinski definition) is 2. The average Bonchev–Trinajstić information content (AvgIpc) is 2.77. The molecule has 9 heteroatoms. The van der Waals surface area contributed by atoms with Gasteiger partial charge in [-0.05, 0) is 48.5 Å². The molecule has 0 radical (unpaired) electrons. The van der Waals surface area contributed by atoms with Gasteiger partial charge >= 0.3 is 0 Å². The first kappa shape index (κ1) is 22.8. The smallest absolute Gasteiger partial charge is 0.262 e. The summed E-state index contributed by atoms with van der Waals surface area (Å²) < 4.78 is 34.1. The van der Waals surface area contributed by atoms with Gasteiger partial charge in [0.25, 0.3) is 11.8 Å². The van der Waals surface area contributed by atoms with Crippen LogP contribution in [0.4, 0.5) is 11.4 Å². The zero-order chi connectivity index (χ0) is 23.1. The predicted molar refractivity (Wildman–Crippen MR) is 121 cm³/mol. The number of rotatable bonds is 8. The molecule has 0 aliphatic heterocycles. The van der Waals surface area contributed by atoms with Gasteiger partial charge in [-0.15, -0.1) is 0 Å². The van der Waals surface area contributed by atoms with Crippen LogP contribution in [0.5, 0.6) is 11.5 Å². The Balaban J connectivity index is 1.63. The average molecular weight is 455 g/mol. The molecule has 0 aliphatic carbocycles. The molecule has 0 aromatic heterocycles. The van der Waals surface area contributed by atoms with Crippen molar-refractivity contribution in [2.75, 3.05) is 30.6 Å². The summed E-state index contributed by atoms with van der Waals surface area (Å²) in [6.45, 7) is -0.227. The molecule has 0 atom stereocenters. The fraction of sp³-hybridized carbons (Fsp3) is 0.130. The molecule has 32 heavy (non-hydrogen) atoms. The van der Waals surface area contributed by atoms with Crippen LogP contribution in [0.15, 0.2) is 77.7 Å². The highest BCUT2D eigenvalue weighted by Gasteiger charge is 2.13. The highest BCUT2D eigenvalue weighted by Crippen LogP contribution is 2.25. The van der Waals surface area contributed by atoms with Crippen LogP contribution in [-0.2, 0) is 14.6 Å². The van der Waals surface area contributed by atoms with E-state index in [2.05, 4.69) is 10.6 Å². The van der Waals surface area contributed by atoms with E-state index in [0.717, 1.165) is 6.26 Å². The molecule has 0 aliphatic rings. The van der Waals surface area contributed by atoms with Gasteiger partial charge in [-0.3, -0.25) is 9.59 Å². The van der Waals surface area contributed by atoms with Crippen molar-refractivity contribution in [2.45, 2.75) is 4.90 Å². The van der Waals surface area contributed by atoms with Gasteiger partial charge in [0.2, 0.25) is 0 Å². The van der Waals surface area contributed by atoms with Crippen LogP contribution in [0, 0.1) is 0 Å². The molecular weight excluding hydrogens is 432 g/mol. The van der Waals surface area contributed by atoms with E-state index in [1.54, 1.807) is 48.5 Å². The van der Waals surface area contributed by atoms with Gasteiger partial charge < -0.3 is 20.1 Å². The largest absolute Gasteiger partial charge is 0.493 e. The van der Waals surface area contributed by atoms with Gasteiger partial charge in [-0.25, -0.2) is 8.42 Å². The lowest BCUT2D eigenvalue weighted by atomic mass is 10.2. The minimum Gasteiger partial charge on any atom is -0.493 e. The van der Waals surface area contributed by atoms with Crippen molar-refractivity contribution in [3.8, 4) is 11.5 Å². The molecule has 3 rings (SSSR count). The number of nitrogens with one attached hydrogen (secondary N) is 2. The van der Waals surface area contributed by atoms with E-state index in [4.69, 9.17) is 9.47 Å². The van der Waals surface area contributed by atoms with Gasteiger partial charge in [-0.2, -0.15) is 0 Å². The summed E-state index contributed by atoms with van der Waals surface area (Å²) in [5, 5.41) is 5.39. The number of anilines is 2. The number of benzene rings is 3. The SMILES string of the molecule is COc1ccccc1OCC(=O)Nc1cccc(NC(=O)c2cccc(S(C)(=O)=O)c2)c1. The van der Waals surface area contributed by atoms with Crippen molar-refractivity contribution in [3.05, 3.63) is 78.4 Å². The monoisotopic (exact) mass is 454 g/mol. The Bertz CT molecular complexity index is 1240. The van der Waals surface area contributed by atoms with Crippen LogP contribution >= 0.6 is 0 Å². The fourth-order valence-electron chi connectivity index (χ4n) is 2.82. The van der Waals surface area contributed by atoms with E-state index < -0.39 is 15.7 Å². The van der Waals surface area contributed by atoms with Crippen LogP contribution < -0.4 is 20.1 Å². The van der Waals surface area contributed by atoms with E-state index in [1.165, 1.54) is 31.4 Å². The van der Waals surface area contributed by atoms with Gasteiger partial charge in [0.15, 0.2) is 27.9 Å². The molecule has 0 bridgehead atoms. The summed E-state index contributed by atoms with van der Waals surface area (Å²) in [5.41, 5.74) is 1.09. The second-order valence-electron chi connectivity index (χ2n) is 6.82. The second-order valence-corrected chi connectivity index (χ2v) is 8.84. The van der Waals surface area contributed by atoms with Crippen molar-refractivity contribution in [1.82, 2.24) is 0 Å². The summed E-state index contributed by atoms with van der Waals surface area (Å²) in [6.07, 6.45) is 1.08. The zero-order valence-corrected chi connectivity index (χ0v) is 18.3. The van der Waals surface area contributed by atoms with Gasteiger partial charge in [0, 0.05) is 23.2 Å². The van der Waals surface area contributed by atoms with E-state index in [0.29, 0.717) is 22.9 Å². The molecule has 2 N–H and O–H groups in total. The first-order chi connectivity index (χ1) is 15.3. The Labute approximate surface area is 186 Å². The molecule has 0 unspecified atom stereocenters. The van der Waals surface area contributed by atoms with Crippen LogP contribution in [-0.4, -0.2) is 40.2 Å². The number of sulfone groups is 1. The molecule has 0 saturated carbocycles. The fourth-order valence-corrected chi connectivity index (χ4v) is 3.49. The minimum atomic E-state index is -3.43. The van der Waals surface area contributed by atoms with Crippen molar-refractivity contribution >= 4 is 33.0 Å². The number of carbonyl (C=O) groups excluding carboxylic acids is 2. The molecule has 0 heterocycles. The Morgan fingerprint density at radius 1 is 0.844 bits per heavy atom. The number of para-hydroxylation sites is 2. The number of methoxy groups -OCH3 is 1. The molecule has 0 fully saturated rings. The van der Waals surface area contributed by atoms with Crippen molar-refractivity contribution in [3.63, 3.8) is 0 Å². The molecule has 0 spiro atoms. The topological polar surface area (TPSA) is 111 Å². The van der Waals surface area contributed by atoms with Crippen molar-refractivity contribution < 1.29 is 27.5 Å². The number of ether oxygens (including phenoxy) is 2. The molecular formula is C23H22N2O6S. The number of hydrogen-bond acceptors (Lipinski definition) is 6. The van der Waals surface area contributed by atoms with Crippen LogP contribution in [0.1, 0.15) is 10.4 Å². The molecule has 2 amide bonds. The Morgan fingerprint density at radius 3 is 2.19 bits per heavy atom. The predicted octanol–water partition coefficient (Wildman–Crippen LogP) is 3.37. The molecule has 3 aromatic carbocycles. The zero-order valence-electron chi connectivity index (χ0n) is 17.5. The summed E-state index contributed by atoms with van der Waals surface area (Å²) in [5.74, 6) is 0.103. The maximum absolute atomic E-state index is 12.5. The van der Waals surface area contributed by atoms with Gasteiger partial charge in [0.1, 0.15) is 0 Å². The first-order valence-corrected chi connectivity index (χ1v) is 11.4. The van der Waals surface area contributed by atoms with Crippen molar-refractivity contribution in [2.24, 2.45) is 0 Å². The van der Waals surface area contributed by atoms with Crippen LogP contribution in [0.3, 0.4) is 0 Å². The van der Waals surface area contributed by atoms with Gasteiger partial charge in [0.05, 0.1) is 12.0 Å². The number of amides is 2. The lowest BCUT2D eigenvalue weighted by Crippen LogP contribution is -2.20. The summed E-state index contributed by atoms with van der Waals surface area (Å²) in [7, 11) is -1.92. The molecule has 0 saturated heterocycles. The Morgan fingerprint density at radius 2 is 1.50 bits per heavy atom. The van der Waals surface area contributed by atoms with E-state index in [-0.39, 0.29) is 23.0 Å². The molecule has 8 nitrogen and oxygen atoms in total. The third kappa shape index (κ3) is 6.08. The quantitative estimate of drug-likeness (QED) is 0.540. The first-order valence-electron chi connectivity index (χ1n) is 9.53. The highest BCUT2D eigenvalue weighted by atomic mass is 32.2. The number of carbonyl (C=O) groups is 2. The second kappa shape index (κ2) is 9.97. The summed E-state index contributed by atoms with van der Waals surface area (Å²) >= 11 is 0. The normalized spacial score (nSPS) is 10.8. The lowest BCUT2D eigenvalue weighted by Gasteiger charge is -2.11. The Kier molecular flexibility index (Phi) is 7.11. The third-order valence-electron chi connectivity index (χ3n) is 4.36. The Hall–Kier alpha value is -3.85. The van der Waals surface area contributed by atoms with E-state index in [9.17, 15) is 18.0 Å². The molecule has 3 aromatic rings. The summed E-state index contributed by atoms with van der Waals surface area (Å²) in [4.78, 5) is 24.8. The van der Waals surface area contributed by atoms with Crippen molar-refractivity contribution in [1.29, 1.82) is 0 Å². The molecule has 166 valence electrons. The van der Waals surface area contributed by atoms with Crippen LogP contribution in [0.25, 0.3) is 0 Å². The van der Waals surface area contributed by atoms with Gasteiger partial charge in [-0.1, -0.05) is 24.3 Å². The van der Waals surface area contributed by atoms with E-state index >= 15 is 0 Å². The standard InChI is InChI=1S/C23H22N2O6S/c1-30-20-11-3-4-12-21(20)31-15-22(26)24-17-8-6-9-18(14-17)25-23(27)16-7-5-10-19(13-16)32(2,28)29/h3-14H,15H2,1-2H3,(H,24,26)(H,25,27). The maximum atomic E-state index is 12.5. The lowest BCUT2D eigenvalue weighted by molar-refractivity contribution is -0.118. The maximum Gasteiger partial charge on any atom is 0.262 e. The summed E-state index contributed by atoms with van der Waals surface area (Å²) in [6, 6.07) is 19.3.